The van der Waals surface area contributed by atoms with E-state index in [1.165, 1.54) is 4.90 Å². The molecule has 16 heavy (non-hydrogen) atoms. The molecule has 0 bridgehead atoms. The van der Waals surface area contributed by atoms with Crippen molar-refractivity contribution in [2.75, 3.05) is 4.90 Å². The molecular formula is C11H9N5. The fourth-order valence-corrected chi connectivity index (χ4v) is 1.40. The summed E-state index contributed by atoms with van der Waals surface area (Å²) in [5.74, 6) is 0. The minimum Gasteiger partial charge on any atom is -0.345 e. The van der Waals surface area contributed by atoms with Crippen LogP contribution in [0.5, 0.6) is 0 Å². The van der Waals surface area contributed by atoms with Crippen molar-refractivity contribution >= 4 is 12.0 Å². The lowest BCUT2D eigenvalue weighted by Crippen LogP contribution is -2.12. The minimum absolute atomic E-state index is 0.657. The summed E-state index contributed by atoms with van der Waals surface area (Å²) in [6.45, 7) is 0. The highest BCUT2D eigenvalue weighted by atomic mass is 15.1. The van der Waals surface area contributed by atoms with Crippen LogP contribution in [0.3, 0.4) is 0 Å². The van der Waals surface area contributed by atoms with Gasteiger partial charge in [-0.2, -0.15) is 5.26 Å². The Kier molecular flexibility index (Phi) is 2.65. The third kappa shape index (κ3) is 1.77. The van der Waals surface area contributed by atoms with E-state index in [0.29, 0.717) is 5.69 Å². The molecule has 2 N–H and O–H groups in total. The van der Waals surface area contributed by atoms with Crippen molar-refractivity contribution in [1.82, 2.24) is 9.97 Å². The molecule has 0 radical (unpaired) electrons. The van der Waals surface area contributed by atoms with Gasteiger partial charge in [0, 0.05) is 5.56 Å². The van der Waals surface area contributed by atoms with Crippen molar-refractivity contribution in [2.24, 2.45) is 0 Å². The Balaban J connectivity index is 2.41. The Morgan fingerprint density at radius 3 is 3.00 bits per heavy atom. The number of nitriles is 1. The summed E-state index contributed by atoms with van der Waals surface area (Å²) in [4.78, 5) is 8.10. The van der Waals surface area contributed by atoms with Crippen molar-refractivity contribution in [3.63, 3.8) is 0 Å². The summed E-state index contributed by atoms with van der Waals surface area (Å²) >= 11 is 0. The molecule has 1 aromatic carbocycles. The van der Waals surface area contributed by atoms with E-state index in [2.05, 4.69) is 9.97 Å². The van der Waals surface area contributed by atoms with E-state index in [0.717, 1.165) is 17.6 Å². The molecule has 1 aromatic heterocycles. The number of anilines is 1. The quantitative estimate of drug-likeness (QED) is 0.352. The third-order valence-corrected chi connectivity index (χ3v) is 2.17. The molecule has 78 valence electrons. The lowest BCUT2D eigenvalue weighted by atomic mass is 10.1. The molecule has 0 unspecified atom stereocenters. The number of rotatable bonds is 3. The molecule has 0 amide bonds. The SMILES string of the molecule is N#CN(C=N)c1cccc(-c2cnc[nH]2)c1. The maximum Gasteiger partial charge on any atom is 0.190 e. The van der Waals surface area contributed by atoms with E-state index < -0.39 is 0 Å². The lowest BCUT2D eigenvalue weighted by Gasteiger charge is -2.09. The predicted molar refractivity (Wildman–Crippen MR) is 60.9 cm³/mol. The number of benzene rings is 1. The van der Waals surface area contributed by atoms with Crippen LogP contribution >= 0.6 is 0 Å². The molecule has 0 aliphatic heterocycles. The maximum absolute atomic E-state index is 8.81. The van der Waals surface area contributed by atoms with Crippen LogP contribution in [0.2, 0.25) is 0 Å². The Morgan fingerprint density at radius 1 is 1.50 bits per heavy atom. The molecule has 0 aliphatic rings. The summed E-state index contributed by atoms with van der Waals surface area (Å²) in [6.07, 6.45) is 6.19. The molecule has 5 nitrogen and oxygen atoms in total. The first kappa shape index (κ1) is 9.93. The van der Waals surface area contributed by atoms with Crippen LogP contribution in [0, 0.1) is 16.9 Å². The molecule has 0 spiro atoms. The number of nitrogens with one attached hydrogen (secondary N) is 2. The van der Waals surface area contributed by atoms with Crippen molar-refractivity contribution in [1.29, 1.82) is 10.7 Å². The van der Waals surface area contributed by atoms with Crippen molar-refractivity contribution in [2.45, 2.75) is 0 Å². The van der Waals surface area contributed by atoms with Crippen LogP contribution in [-0.4, -0.2) is 16.3 Å². The molecule has 0 fully saturated rings. The van der Waals surface area contributed by atoms with Gasteiger partial charge in [0.2, 0.25) is 0 Å². The van der Waals surface area contributed by atoms with Gasteiger partial charge in [-0.25, -0.2) is 9.88 Å². The Labute approximate surface area is 92.5 Å². The molecular weight excluding hydrogens is 202 g/mol. The number of hydrogen-bond acceptors (Lipinski definition) is 3. The first-order valence-electron chi connectivity index (χ1n) is 4.63. The lowest BCUT2D eigenvalue weighted by molar-refractivity contribution is 1.31. The van der Waals surface area contributed by atoms with E-state index in [9.17, 15) is 0 Å². The van der Waals surface area contributed by atoms with Gasteiger partial charge in [0.25, 0.3) is 0 Å². The summed E-state index contributed by atoms with van der Waals surface area (Å²) < 4.78 is 0. The summed E-state index contributed by atoms with van der Waals surface area (Å²) in [7, 11) is 0. The molecule has 0 saturated heterocycles. The fraction of sp³-hybridized carbons (Fsp3) is 0. The second-order valence-corrected chi connectivity index (χ2v) is 3.11. The van der Waals surface area contributed by atoms with Gasteiger partial charge in [-0.1, -0.05) is 12.1 Å². The second kappa shape index (κ2) is 4.28. The smallest absolute Gasteiger partial charge is 0.190 e. The summed E-state index contributed by atoms with van der Waals surface area (Å²) in [5.41, 5.74) is 2.46. The number of hydrogen-bond donors (Lipinski definition) is 2. The van der Waals surface area contributed by atoms with Crippen molar-refractivity contribution in [3.05, 3.63) is 36.8 Å². The number of imidazole rings is 1. The van der Waals surface area contributed by atoms with E-state index in [1.807, 2.05) is 24.4 Å². The van der Waals surface area contributed by atoms with Crippen LogP contribution in [-0.2, 0) is 0 Å². The second-order valence-electron chi connectivity index (χ2n) is 3.11. The van der Waals surface area contributed by atoms with E-state index in [1.54, 1.807) is 18.6 Å². The van der Waals surface area contributed by atoms with Gasteiger partial charge in [-0.15, -0.1) is 0 Å². The van der Waals surface area contributed by atoms with E-state index in [-0.39, 0.29) is 0 Å². The first-order chi connectivity index (χ1) is 7.85. The van der Waals surface area contributed by atoms with Gasteiger partial charge < -0.3 is 4.98 Å². The van der Waals surface area contributed by atoms with Gasteiger partial charge in [0.15, 0.2) is 6.19 Å². The monoisotopic (exact) mass is 211 g/mol. The predicted octanol–water partition coefficient (Wildman–Crippen LogP) is 1.97. The van der Waals surface area contributed by atoms with Crippen molar-refractivity contribution < 1.29 is 0 Å². The van der Waals surface area contributed by atoms with Gasteiger partial charge >= 0.3 is 0 Å². The number of H-pyrrole nitrogens is 1. The minimum atomic E-state index is 0.657. The number of aromatic nitrogens is 2. The molecule has 0 aliphatic carbocycles. The van der Waals surface area contributed by atoms with Crippen LogP contribution in [0.25, 0.3) is 11.3 Å². The highest BCUT2D eigenvalue weighted by Gasteiger charge is 2.04. The molecule has 1 heterocycles. The Bertz CT molecular complexity index is 524. The van der Waals surface area contributed by atoms with Gasteiger partial charge in [0.1, 0.15) is 6.34 Å². The van der Waals surface area contributed by atoms with Crippen LogP contribution in [0.15, 0.2) is 36.8 Å². The topological polar surface area (TPSA) is 79.6 Å². The van der Waals surface area contributed by atoms with Crippen LogP contribution in [0.1, 0.15) is 0 Å². The van der Waals surface area contributed by atoms with Crippen molar-refractivity contribution in [3.8, 4) is 17.5 Å². The highest BCUT2D eigenvalue weighted by molar-refractivity contribution is 5.82. The standard InChI is InChI=1S/C11H9N5/c12-6-16(7-13)10-3-1-2-9(4-10)11-5-14-8-15-11/h1-6,8,12H,(H,14,15). The molecule has 2 rings (SSSR count). The molecule has 5 heteroatoms. The largest absolute Gasteiger partial charge is 0.345 e. The molecule has 2 aromatic rings. The van der Waals surface area contributed by atoms with Gasteiger partial charge in [-0.05, 0) is 12.1 Å². The van der Waals surface area contributed by atoms with Gasteiger partial charge in [0.05, 0.1) is 23.9 Å². The van der Waals surface area contributed by atoms with Gasteiger partial charge in [-0.3, -0.25) is 5.41 Å². The maximum atomic E-state index is 8.81. The number of nitrogens with zero attached hydrogens (tertiary/aromatic N) is 3. The normalized spacial score (nSPS) is 9.44. The average Bonchev–Trinajstić information content (AvgIpc) is 2.85. The van der Waals surface area contributed by atoms with Crippen LogP contribution in [0.4, 0.5) is 5.69 Å². The Hall–Kier alpha value is -2.61. The Morgan fingerprint density at radius 2 is 2.38 bits per heavy atom. The zero-order chi connectivity index (χ0) is 11.4. The summed E-state index contributed by atoms with van der Waals surface area (Å²) in [5, 5.41) is 15.9. The average molecular weight is 211 g/mol. The first-order valence-corrected chi connectivity index (χ1v) is 4.63. The molecule has 0 atom stereocenters. The molecule has 0 saturated carbocycles. The third-order valence-electron chi connectivity index (χ3n) is 2.17. The zero-order valence-electron chi connectivity index (χ0n) is 8.38. The zero-order valence-corrected chi connectivity index (χ0v) is 8.38. The summed E-state index contributed by atoms with van der Waals surface area (Å²) in [6, 6.07) is 7.34. The van der Waals surface area contributed by atoms with Crippen LogP contribution < -0.4 is 4.90 Å². The fourth-order valence-electron chi connectivity index (χ4n) is 1.40. The van der Waals surface area contributed by atoms with E-state index >= 15 is 0 Å². The number of aromatic amines is 1. The highest BCUT2D eigenvalue weighted by Crippen LogP contribution is 2.21. The van der Waals surface area contributed by atoms with E-state index in [4.69, 9.17) is 10.7 Å².